The molecule has 5 nitrogen and oxygen atoms in total. The van der Waals surface area contributed by atoms with Gasteiger partial charge in [0.15, 0.2) is 5.16 Å². The number of hydrogen-bond acceptors (Lipinski definition) is 6. The topological polar surface area (TPSA) is 55.6 Å². The minimum Gasteiger partial charge on any atom is -0.315 e. The van der Waals surface area contributed by atoms with Crippen LogP contribution in [0.5, 0.6) is 0 Å². The molecule has 0 spiro atoms. The summed E-state index contributed by atoms with van der Waals surface area (Å²) in [6, 6.07) is 0.492. The number of fused-ring (bicyclic) bond motifs is 1. The zero-order chi connectivity index (χ0) is 15.6. The van der Waals surface area contributed by atoms with E-state index in [-0.39, 0.29) is 0 Å². The van der Waals surface area contributed by atoms with Crippen molar-refractivity contribution in [2.75, 3.05) is 13.1 Å². The van der Waals surface area contributed by atoms with Gasteiger partial charge < -0.3 is 9.88 Å². The van der Waals surface area contributed by atoms with Crippen LogP contribution in [0, 0.1) is 5.92 Å². The van der Waals surface area contributed by atoms with Gasteiger partial charge in [-0.15, -0.1) is 21.5 Å². The molecule has 1 N–H and O–H groups in total. The normalized spacial score (nSPS) is 24.6. The Bertz CT molecular complexity index is 659. The van der Waals surface area contributed by atoms with Gasteiger partial charge >= 0.3 is 0 Å². The van der Waals surface area contributed by atoms with E-state index in [9.17, 15) is 0 Å². The van der Waals surface area contributed by atoms with Crippen LogP contribution >= 0.6 is 23.1 Å². The van der Waals surface area contributed by atoms with Crippen molar-refractivity contribution in [3.63, 3.8) is 0 Å². The molecule has 0 amide bonds. The number of rotatable bonds is 4. The smallest absolute Gasteiger partial charge is 0.191 e. The summed E-state index contributed by atoms with van der Waals surface area (Å²) in [6.45, 7) is 4.50. The maximum absolute atomic E-state index is 4.85. The summed E-state index contributed by atoms with van der Waals surface area (Å²) in [7, 11) is 0. The van der Waals surface area contributed by atoms with E-state index in [1.165, 1.54) is 41.3 Å². The summed E-state index contributed by atoms with van der Waals surface area (Å²) in [4.78, 5) is 6.37. The standard InChI is InChI=1S/C16H23N5S2/c1-11-4-5-13-14(7-11)23-15(19-13)9-22-16-20-18-10-21(16)12-3-2-6-17-8-12/h10-12,17H,2-9H2,1H3. The molecule has 0 bridgehead atoms. The van der Waals surface area contributed by atoms with Crippen LogP contribution in [0.25, 0.3) is 0 Å². The molecule has 4 rings (SSSR count). The summed E-state index contributed by atoms with van der Waals surface area (Å²) >= 11 is 3.67. The number of thioether (sulfide) groups is 1. The van der Waals surface area contributed by atoms with Gasteiger partial charge in [0.2, 0.25) is 0 Å². The van der Waals surface area contributed by atoms with Crippen molar-refractivity contribution >= 4 is 23.1 Å². The van der Waals surface area contributed by atoms with Crippen LogP contribution in [0.1, 0.15) is 47.8 Å². The molecule has 1 saturated heterocycles. The van der Waals surface area contributed by atoms with Crippen molar-refractivity contribution in [3.05, 3.63) is 21.9 Å². The summed E-state index contributed by atoms with van der Waals surface area (Å²) in [5, 5.41) is 14.2. The molecule has 1 aliphatic carbocycles. The van der Waals surface area contributed by atoms with E-state index < -0.39 is 0 Å². The average molecular weight is 350 g/mol. The Kier molecular flexibility index (Phi) is 4.68. The summed E-state index contributed by atoms with van der Waals surface area (Å²) in [6.07, 6.45) is 7.97. The van der Waals surface area contributed by atoms with Crippen molar-refractivity contribution in [3.8, 4) is 0 Å². The van der Waals surface area contributed by atoms with Crippen LogP contribution in [0.3, 0.4) is 0 Å². The molecule has 2 atom stereocenters. The van der Waals surface area contributed by atoms with Crippen molar-refractivity contribution < 1.29 is 0 Å². The number of nitrogens with one attached hydrogen (secondary N) is 1. The lowest BCUT2D eigenvalue weighted by molar-refractivity contribution is 0.354. The Hall–Kier alpha value is -0.920. The van der Waals surface area contributed by atoms with E-state index >= 15 is 0 Å². The third-order valence-electron chi connectivity index (χ3n) is 4.76. The Labute approximate surface area is 145 Å². The van der Waals surface area contributed by atoms with E-state index in [0.717, 1.165) is 36.3 Å². The maximum atomic E-state index is 4.85. The fourth-order valence-corrected chi connectivity index (χ4v) is 5.69. The molecule has 2 unspecified atom stereocenters. The van der Waals surface area contributed by atoms with E-state index in [4.69, 9.17) is 4.98 Å². The molecule has 2 aliphatic rings. The second kappa shape index (κ2) is 6.91. The Balaban J connectivity index is 1.43. The van der Waals surface area contributed by atoms with Crippen LogP contribution in [0.15, 0.2) is 11.5 Å². The number of piperidine rings is 1. The van der Waals surface area contributed by atoms with Crippen molar-refractivity contribution in [1.82, 2.24) is 25.1 Å². The van der Waals surface area contributed by atoms with Gasteiger partial charge in [0.1, 0.15) is 11.3 Å². The predicted molar refractivity (Wildman–Crippen MR) is 94.0 cm³/mol. The molecular weight excluding hydrogens is 326 g/mol. The lowest BCUT2D eigenvalue weighted by atomic mass is 9.93. The summed E-state index contributed by atoms with van der Waals surface area (Å²) in [5.74, 6) is 1.72. The highest BCUT2D eigenvalue weighted by Gasteiger charge is 2.21. The van der Waals surface area contributed by atoms with Gasteiger partial charge in [-0.25, -0.2) is 4.98 Å². The van der Waals surface area contributed by atoms with Crippen molar-refractivity contribution in [2.24, 2.45) is 5.92 Å². The first kappa shape index (κ1) is 15.6. The minimum absolute atomic E-state index is 0.492. The fourth-order valence-electron chi connectivity index (χ4n) is 3.44. The van der Waals surface area contributed by atoms with Crippen LogP contribution in [0.4, 0.5) is 0 Å². The zero-order valence-corrected chi connectivity index (χ0v) is 15.1. The highest BCUT2D eigenvalue weighted by atomic mass is 32.2. The molecule has 0 radical (unpaired) electrons. The monoisotopic (exact) mass is 349 g/mol. The van der Waals surface area contributed by atoms with Gasteiger partial charge in [0, 0.05) is 17.5 Å². The van der Waals surface area contributed by atoms with E-state index in [0.29, 0.717) is 6.04 Å². The third kappa shape index (κ3) is 3.46. The Morgan fingerprint density at radius 3 is 3.26 bits per heavy atom. The van der Waals surface area contributed by atoms with Gasteiger partial charge in [0.25, 0.3) is 0 Å². The molecule has 7 heteroatoms. The Morgan fingerprint density at radius 1 is 1.43 bits per heavy atom. The molecule has 2 aromatic rings. The summed E-state index contributed by atoms with van der Waals surface area (Å²) in [5.41, 5.74) is 1.35. The molecule has 23 heavy (non-hydrogen) atoms. The van der Waals surface area contributed by atoms with Gasteiger partial charge in [0.05, 0.1) is 11.4 Å². The van der Waals surface area contributed by atoms with E-state index in [1.807, 2.05) is 17.7 Å². The second-order valence-corrected chi connectivity index (χ2v) is 8.75. The molecule has 2 aromatic heterocycles. The highest BCUT2D eigenvalue weighted by molar-refractivity contribution is 7.98. The molecular formula is C16H23N5S2. The fraction of sp³-hybridized carbons (Fsp3) is 0.688. The zero-order valence-electron chi connectivity index (χ0n) is 13.5. The number of hydrogen-bond donors (Lipinski definition) is 1. The van der Waals surface area contributed by atoms with Gasteiger partial charge in [-0.05, 0) is 44.6 Å². The quantitative estimate of drug-likeness (QED) is 0.860. The number of aromatic nitrogens is 4. The Morgan fingerprint density at radius 2 is 2.39 bits per heavy atom. The molecule has 124 valence electrons. The largest absolute Gasteiger partial charge is 0.315 e. The van der Waals surface area contributed by atoms with Crippen LogP contribution in [0.2, 0.25) is 0 Å². The summed E-state index contributed by atoms with van der Waals surface area (Å²) < 4.78 is 2.24. The van der Waals surface area contributed by atoms with Crippen LogP contribution in [-0.2, 0) is 18.6 Å². The van der Waals surface area contributed by atoms with Crippen molar-refractivity contribution in [2.45, 2.75) is 56.0 Å². The molecule has 0 saturated carbocycles. The van der Waals surface area contributed by atoms with E-state index in [2.05, 4.69) is 27.0 Å². The van der Waals surface area contributed by atoms with Gasteiger partial charge in [-0.2, -0.15) is 0 Å². The maximum Gasteiger partial charge on any atom is 0.191 e. The lowest BCUT2D eigenvalue weighted by Crippen LogP contribution is -2.31. The van der Waals surface area contributed by atoms with Crippen molar-refractivity contribution in [1.29, 1.82) is 0 Å². The average Bonchev–Trinajstić information content (AvgIpc) is 3.19. The first-order valence-electron chi connectivity index (χ1n) is 8.50. The molecule has 0 aromatic carbocycles. The highest BCUT2D eigenvalue weighted by Crippen LogP contribution is 2.33. The molecule has 1 aliphatic heterocycles. The first-order valence-corrected chi connectivity index (χ1v) is 10.3. The SMILES string of the molecule is CC1CCc2nc(CSc3nncn3C3CCCNC3)sc2C1. The first-order chi connectivity index (χ1) is 11.3. The molecule has 1 fully saturated rings. The van der Waals surface area contributed by atoms with Crippen LogP contribution in [-0.4, -0.2) is 32.8 Å². The van der Waals surface area contributed by atoms with E-state index in [1.54, 1.807) is 11.8 Å². The minimum atomic E-state index is 0.492. The van der Waals surface area contributed by atoms with Gasteiger partial charge in [-0.3, -0.25) is 0 Å². The predicted octanol–water partition coefficient (Wildman–Crippen LogP) is 3.08. The number of thiazole rings is 1. The number of nitrogens with zero attached hydrogens (tertiary/aromatic N) is 4. The number of aryl methyl sites for hydroxylation is 1. The van der Waals surface area contributed by atoms with Crippen LogP contribution < -0.4 is 5.32 Å². The van der Waals surface area contributed by atoms with Gasteiger partial charge in [-0.1, -0.05) is 18.7 Å². The lowest BCUT2D eigenvalue weighted by Gasteiger charge is -2.24. The third-order valence-corrected chi connectivity index (χ3v) is 7.03. The second-order valence-electron chi connectivity index (χ2n) is 6.64. The molecule has 3 heterocycles.